The third kappa shape index (κ3) is 3.75. The summed E-state index contributed by atoms with van der Waals surface area (Å²) in [4.78, 5) is 9.09. The van der Waals surface area contributed by atoms with Crippen LogP contribution in [0.15, 0.2) is 76.1 Å². The number of aromatic nitrogens is 1. The molecule has 0 spiro atoms. The minimum Gasteiger partial charge on any atom is -0.436 e. The normalized spacial score (nSPS) is 11.4. The molecule has 1 aromatic heterocycles. The van der Waals surface area contributed by atoms with Crippen molar-refractivity contribution in [2.24, 2.45) is 4.99 Å². The molecular weight excluding hydrogens is 447 g/mol. The average molecular weight is 459 g/mol. The SMILES string of the molecule is Clc1cccc(C=Nc2ccc3oc(-c4cccc(I)c4)nc3c2)c1. The van der Waals surface area contributed by atoms with Gasteiger partial charge in [-0.25, -0.2) is 4.98 Å². The fourth-order valence-electron chi connectivity index (χ4n) is 2.48. The molecule has 0 saturated heterocycles. The van der Waals surface area contributed by atoms with Crippen molar-refractivity contribution in [2.45, 2.75) is 0 Å². The van der Waals surface area contributed by atoms with Crippen molar-refractivity contribution >= 4 is 57.2 Å². The Morgan fingerprint density at radius 2 is 1.88 bits per heavy atom. The highest BCUT2D eigenvalue weighted by Crippen LogP contribution is 2.27. The highest BCUT2D eigenvalue weighted by molar-refractivity contribution is 14.1. The Morgan fingerprint density at radius 1 is 1.00 bits per heavy atom. The molecule has 4 aromatic rings. The van der Waals surface area contributed by atoms with E-state index in [4.69, 9.17) is 16.0 Å². The van der Waals surface area contributed by atoms with Crippen molar-refractivity contribution in [1.29, 1.82) is 0 Å². The van der Waals surface area contributed by atoms with E-state index in [0.29, 0.717) is 10.9 Å². The topological polar surface area (TPSA) is 38.4 Å². The summed E-state index contributed by atoms with van der Waals surface area (Å²) in [5.41, 5.74) is 4.26. The smallest absolute Gasteiger partial charge is 0.227 e. The monoisotopic (exact) mass is 458 g/mol. The molecule has 0 aliphatic carbocycles. The molecule has 0 N–H and O–H groups in total. The minimum absolute atomic E-state index is 0.615. The van der Waals surface area contributed by atoms with Crippen LogP contribution in [0.3, 0.4) is 0 Å². The number of fused-ring (bicyclic) bond motifs is 1. The molecule has 0 atom stereocenters. The van der Waals surface area contributed by atoms with Gasteiger partial charge < -0.3 is 4.42 Å². The molecule has 0 saturated carbocycles. The molecule has 1 heterocycles. The predicted molar refractivity (Wildman–Crippen MR) is 111 cm³/mol. The lowest BCUT2D eigenvalue weighted by molar-refractivity contribution is 0.620. The van der Waals surface area contributed by atoms with E-state index in [1.54, 1.807) is 6.21 Å². The zero-order valence-electron chi connectivity index (χ0n) is 13.0. The standard InChI is InChI=1S/C20H12ClIN2O/c21-15-5-1-3-13(9-15)12-23-17-7-8-19-18(11-17)24-20(25-19)14-4-2-6-16(22)10-14/h1-12H. The molecule has 4 rings (SSSR count). The second-order valence-corrected chi connectivity index (χ2v) is 7.18. The lowest BCUT2D eigenvalue weighted by Crippen LogP contribution is -1.79. The van der Waals surface area contributed by atoms with Gasteiger partial charge in [0, 0.05) is 20.4 Å². The van der Waals surface area contributed by atoms with Gasteiger partial charge >= 0.3 is 0 Å². The summed E-state index contributed by atoms with van der Waals surface area (Å²) in [6, 6.07) is 21.4. The Bertz CT molecular complexity index is 1090. The first-order chi connectivity index (χ1) is 12.2. The van der Waals surface area contributed by atoms with E-state index < -0.39 is 0 Å². The van der Waals surface area contributed by atoms with Crippen LogP contribution in [0, 0.1) is 3.57 Å². The molecular formula is C20H12ClIN2O. The minimum atomic E-state index is 0.615. The number of hydrogen-bond acceptors (Lipinski definition) is 3. The van der Waals surface area contributed by atoms with E-state index in [1.165, 1.54) is 0 Å². The second-order valence-electron chi connectivity index (χ2n) is 5.49. The van der Waals surface area contributed by atoms with E-state index in [-0.39, 0.29) is 0 Å². The Kier molecular flexibility index (Phi) is 4.55. The summed E-state index contributed by atoms with van der Waals surface area (Å²) in [7, 11) is 0. The van der Waals surface area contributed by atoms with Crippen LogP contribution in [0.2, 0.25) is 5.02 Å². The maximum Gasteiger partial charge on any atom is 0.227 e. The van der Waals surface area contributed by atoms with E-state index in [0.717, 1.165) is 31.5 Å². The van der Waals surface area contributed by atoms with Crippen molar-refractivity contribution in [3.63, 3.8) is 0 Å². The van der Waals surface area contributed by atoms with Gasteiger partial charge in [0.2, 0.25) is 5.89 Å². The Balaban J connectivity index is 1.66. The Hall–Kier alpha value is -2.18. The Labute approximate surface area is 163 Å². The van der Waals surface area contributed by atoms with Gasteiger partial charge in [0.15, 0.2) is 5.58 Å². The van der Waals surface area contributed by atoms with Gasteiger partial charge in [0.25, 0.3) is 0 Å². The number of nitrogens with zero attached hydrogens (tertiary/aromatic N) is 2. The zero-order chi connectivity index (χ0) is 17.2. The lowest BCUT2D eigenvalue weighted by Gasteiger charge is -1.95. The van der Waals surface area contributed by atoms with E-state index >= 15 is 0 Å². The molecule has 0 bridgehead atoms. The zero-order valence-corrected chi connectivity index (χ0v) is 15.9. The number of aliphatic imine (C=N–C) groups is 1. The van der Waals surface area contributed by atoms with E-state index in [1.807, 2.05) is 66.7 Å². The quantitative estimate of drug-likeness (QED) is 0.259. The third-order valence-electron chi connectivity index (χ3n) is 3.65. The maximum absolute atomic E-state index is 5.99. The average Bonchev–Trinajstić information content (AvgIpc) is 3.03. The molecule has 5 heteroatoms. The van der Waals surface area contributed by atoms with Crippen LogP contribution in [-0.2, 0) is 0 Å². The van der Waals surface area contributed by atoms with Gasteiger partial charge in [0.05, 0.1) is 5.69 Å². The lowest BCUT2D eigenvalue weighted by atomic mass is 10.2. The van der Waals surface area contributed by atoms with Gasteiger partial charge in [-0.2, -0.15) is 0 Å². The largest absolute Gasteiger partial charge is 0.436 e. The van der Waals surface area contributed by atoms with Crippen molar-refractivity contribution in [3.05, 3.63) is 80.9 Å². The van der Waals surface area contributed by atoms with Crippen LogP contribution >= 0.6 is 34.2 Å². The van der Waals surface area contributed by atoms with E-state index in [2.05, 4.69) is 32.6 Å². The van der Waals surface area contributed by atoms with Crippen LogP contribution in [0.4, 0.5) is 5.69 Å². The van der Waals surface area contributed by atoms with Crippen LogP contribution in [0.1, 0.15) is 5.56 Å². The summed E-state index contributed by atoms with van der Waals surface area (Å²) >= 11 is 8.27. The number of rotatable bonds is 3. The second kappa shape index (κ2) is 6.98. The number of hydrogen-bond donors (Lipinski definition) is 0. The molecule has 0 aliphatic rings. The summed E-state index contributed by atoms with van der Waals surface area (Å²) < 4.78 is 7.00. The number of oxazole rings is 1. The molecule has 0 aliphatic heterocycles. The summed E-state index contributed by atoms with van der Waals surface area (Å²) in [6.45, 7) is 0. The number of benzene rings is 3. The highest BCUT2D eigenvalue weighted by atomic mass is 127. The summed E-state index contributed by atoms with van der Waals surface area (Å²) in [5, 5.41) is 0.693. The van der Waals surface area contributed by atoms with Crippen LogP contribution < -0.4 is 0 Å². The predicted octanol–water partition coefficient (Wildman–Crippen LogP) is 6.50. The first-order valence-electron chi connectivity index (χ1n) is 7.63. The summed E-state index contributed by atoms with van der Waals surface area (Å²) in [5.74, 6) is 0.615. The molecule has 0 fully saturated rings. The number of halogens is 2. The molecule has 122 valence electrons. The van der Waals surface area contributed by atoms with Crippen molar-refractivity contribution < 1.29 is 4.42 Å². The molecule has 0 radical (unpaired) electrons. The molecule has 25 heavy (non-hydrogen) atoms. The van der Waals surface area contributed by atoms with Gasteiger partial charge in [-0.1, -0.05) is 29.8 Å². The van der Waals surface area contributed by atoms with Crippen LogP contribution in [-0.4, -0.2) is 11.2 Å². The fraction of sp³-hybridized carbons (Fsp3) is 0. The first kappa shape index (κ1) is 16.3. The maximum atomic E-state index is 5.99. The van der Waals surface area contributed by atoms with Crippen LogP contribution in [0.5, 0.6) is 0 Å². The Morgan fingerprint density at radius 3 is 2.72 bits per heavy atom. The first-order valence-corrected chi connectivity index (χ1v) is 9.09. The third-order valence-corrected chi connectivity index (χ3v) is 4.56. The molecule has 3 aromatic carbocycles. The van der Waals surface area contributed by atoms with Gasteiger partial charge in [-0.3, -0.25) is 4.99 Å². The van der Waals surface area contributed by atoms with Crippen molar-refractivity contribution in [3.8, 4) is 11.5 Å². The molecule has 3 nitrogen and oxygen atoms in total. The fourth-order valence-corrected chi connectivity index (χ4v) is 3.22. The van der Waals surface area contributed by atoms with E-state index in [9.17, 15) is 0 Å². The van der Waals surface area contributed by atoms with Crippen molar-refractivity contribution in [2.75, 3.05) is 0 Å². The van der Waals surface area contributed by atoms with Gasteiger partial charge in [-0.15, -0.1) is 0 Å². The van der Waals surface area contributed by atoms with Crippen LogP contribution in [0.25, 0.3) is 22.6 Å². The van der Waals surface area contributed by atoms with Gasteiger partial charge in [-0.05, 0) is 76.7 Å². The molecule has 0 unspecified atom stereocenters. The van der Waals surface area contributed by atoms with Gasteiger partial charge in [0.1, 0.15) is 5.52 Å². The summed E-state index contributed by atoms with van der Waals surface area (Å²) in [6.07, 6.45) is 1.79. The molecule has 0 amide bonds. The van der Waals surface area contributed by atoms with Crippen molar-refractivity contribution in [1.82, 2.24) is 4.98 Å². The highest BCUT2D eigenvalue weighted by Gasteiger charge is 2.09.